The largest absolute Gasteiger partial charge is 0.392 e. The first-order valence-electron chi connectivity index (χ1n) is 9.73. The Balaban J connectivity index is 1.68. The average Bonchev–Trinajstić information content (AvgIpc) is 3.04. The topological polar surface area (TPSA) is 55.5 Å². The van der Waals surface area contributed by atoms with Gasteiger partial charge >= 0.3 is 6.18 Å². The summed E-state index contributed by atoms with van der Waals surface area (Å²) in [4.78, 5) is 1.99. The minimum atomic E-state index is -4.19. The van der Waals surface area contributed by atoms with Gasteiger partial charge in [-0.15, -0.1) is 15.3 Å². The molecule has 0 saturated carbocycles. The van der Waals surface area contributed by atoms with E-state index in [1.54, 1.807) is 4.52 Å². The molecule has 2 aliphatic heterocycles. The van der Waals surface area contributed by atoms with Gasteiger partial charge in [-0.05, 0) is 31.4 Å². The number of aromatic nitrogens is 4. The highest BCUT2D eigenvalue weighted by molar-refractivity contribution is 5.47. The second-order valence-electron chi connectivity index (χ2n) is 9.01. The van der Waals surface area contributed by atoms with Crippen molar-refractivity contribution in [2.45, 2.75) is 51.6 Å². The highest BCUT2D eigenvalue weighted by atomic mass is 19.4. The molecule has 2 aromatic rings. The molecule has 1 spiro atoms. The van der Waals surface area contributed by atoms with Gasteiger partial charge in [-0.3, -0.25) is 0 Å². The number of hydrogen-bond donors (Lipinski definition) is 0. The Labute approximate surface area is 162 Å². The SMILES string of the molecule is CC(C)(C)c1nnc2ccc(N3CC[C@H](C(F)(F)F)C4(CCOCC4)C3)nn12. The molecule has 4 heterocycles. The fraction of sp³-hybridized carbons (Fsp3) is 0.737. The Morgan fingerprint density at radius 3 is 2.46 bits per heavy atom. The lowest BCUT2D eigenvalue weighted by molar-refractivity contribution is -0.223. The molecule has 0 unspecified atom stereocenters. The quantitative estimate of drug-likeness (QED) is 0.736. The van der Waals surface area contributed by atoms with Gasteiger partial charge in [0.15, 0.2) is 11.5 Å². The lowest BCUT2D eigenvalue weighted by Crippen LogP contribution is -2.55. The van der Waals surface area contributed by atoms with Crippen molar-refractivity contribution < 1.29 is 17.9 Å². The highest BCUT2D eigenvalue weighted by Gasteiger charge is 2.56. The molecular weight excluding hydrogens is 371 g/mol. The maximum Gasteiger partial charge on any atom is 0.392 e. The van der Waals surface area contributed by atoms with E-state index in [-0.39, 0.29) is 11.8 Å². The number of piperidine rings is 1. The van der Waals surface area contributed by atoms with Gasteiger partial charge in [-0.25, -0.2) is 0 Å². The van der Waals surface area contributed by atoms with E-state index in [2.05, 4.69) is 10.2 Å². The second kappa shape index (κ2) is 6.57. The van der Waals surface area contributed by atoms with Crippen LogP contribution in [0, 0.1) is 11.3 Å². The summed E-state index contributed by atoms with van der Waals surface area (Å²) in [7, 11) is 0. The average molecular weight is 397 g/mol. The zero-order valence-electron chi connectivity index (χ0n) is 16.5. The van der Waals surface area contributed by atoms with Gasteiger partial charge in [-0.2, -0.15) is 17.7 Å². The first-order valence-corrected chi connectivity index (χ1v) is 9.73. The molecule has 0 aromatic carbocycles. The molecule has 6 nitrogen and oxygen atoms in total. The lowest BCUT2D eigenvalue weighted by atomic mass is 9.65. The first kappa shape index (κ1) is 19.4. The zero-order valence-corrected chi connectivity index (χ0v) is 16.5. The fourth-order valence-corrected chi connectivity index (χ4v) is 4.57. The Kier molecular flexibility index (Phi) is 4.56. The second-order valence-corrected chi connectivity index (χ2v) is 9.01. The van der Waals surface area contributed by atoms with Crippen molar-refractivity contribution in [2.24, 2.45) is 11.3 Å². The fourth-order valence-electron chi connectivity index (χ4n) is 4.57. The summed E-state index contributed by atoms with van der Waals surface area (Å²) in [5.74, 6) is 0.114. The third-order valence-corrected chi connectivity index (χ3v) is 6.06. The third kappa shape index (κ3) is 3.33. The molecule has 0 N–H and O–H groups in total. The summed E-state index contributed by atoms with van der Waals surface area (Å²) >= 11 is 0. The number of rotatable bonds is 1. The van der Waals surface area contributed by atoms with E-state index in [0.717, 1.165) is 5.82 Å². The smallest absolute Gasteiger partial charge is 0.381 e. The minimum absolute atomic E-state index is 0.0809. The predicted molar refractivity (Wildman–Crippen MR) is 98.3 cm³/mol. The van der Waals surface area contributed by atoms with E-state index in [1.165, 1.54) is 0 Å². The van der Waals surface area contributed by atoms with Gasteiger partial charge in [-0.1, -0.05) is 20.8 Å². The van der Waals surface area contributed by atoms with E-state index in [4.69, 9.17) is 9.84 Å². The van der Waals surface area contributed by atoms with Crippen LogP contribution in [-0.2, 0) is 10.2 Å². The van der Waals surface area contributed by atoms with Gasteiger partial charge in [0.1, 0.15) is 5.82 Å². The van der Waals surface area contributed by atoms with Crippen molar-refractivity contribution >= 4 is 11.5 Å². The molecule has 1 atom stereocenters. The van der Waals surface area contributed by atoms with Crippen LogP contribution in [0.5, 0.6) is 0 Å². The molecular formula is C19H26F3N5O. The van der Waals surface area contributed by atoms with E-state index >= 15 is 0 Å². The summed E-state index contributed by atoms with van der Waals surface area (Å²) in [6, 6.07) is 3.66. The zero-order chi connectivity index (χ0) is 20.2. The molecule has 0 amide bonds. The molecule has 0 bridgehead atoms. The summed E-state index contributed by atoms with van der Waals surface area (Å²) < 4.78 is 48.4. The molecule has 2 aromatic heterocycles. The molecule has 2 aliphatic rings. The molecule has 2 fully saturated rings. The van der Waals surface area contributed by atoms with Crippen LogP contribution < -0.4 is 4.90 Å². The summed E-state index contributed by atoms with van der Waals surface area (Å²) in [6.45, 7) is 7.53. The molecule has 0 radical (unpaired) electrons. The van der Waals surface area contributed by atoms with E-state index in [0.29, 0.717) is 50.6 Å². The molecule has 2 saturated heterocycles. The van der Waals surface area contributed by atoms with Gasteiger partial charge in [0.05, 0.1) is 5.92 Å². The van der Waals surface area contributed by atoms with Crippen LogP contribution >= 0.6 is 0 Å². The minimum Gasteiger partial charge on any atom is -0.381 e. The Bertz CT molecular complexity index is 851. The Hall–Kier alpha value is -1.90. The van der Waals surface area contributed by atoms with Crippen LogP contribution in [0.2, 0.25) is 0 Å². The molecule has 0 aliphatic carbocycles. The molecule has 28 heavy (non-hydrogen) atoms. The Morgan fingerprint density at radius 2 is 1.82 bits per heavy atom. The highest BCUT2D eigenvalue weighted by Crippen LogP contribution is 2.51. The van der Waals surface area contributed by atoms with Crippen molar-refractivity contribution in [3.63, 3.8) is 0 Å². The van der Waals surface area contributed by atoms with Crippen LogP contribution in [0.4, 0.5) is 19.0 Å². The maximum absolute atomic E-state index is 13.8. The number of hydrogen-bond acceptors (Lipinski definition) is 5. The van der Waals surface area contributed by atoms with Gasteiger partial charge in [0.2, 0.25) is 0 Å². The monoisotopic (exact) mass is 397 g/mol. The maximum atomic E-state index is 13.8. The van der Waals surface area contributed by atoms with Crippen molar-refractivity contribution in [1.82, 2.24) is 19.8 Å². The van der Waals surface area contributed by atoms with Crippen molar-refractivity contribution in [1.29, 1.82) is 0 Å². The van der Waals surface area contributed by atoms with E-state index < -0.39 is 17.5 Å². The third-order valence-electron chi connectivity index (χ3n) is 6.06. The van der Waals surface area contributed by atoms with Crippen LogP contribution in [0.25, 0.3) is 5.65 Å². The normalized spacial score (nSPS) is 23.5. The number of nitrogens with zero attached hydrogens (tertiary/aromatic N) is 5. The van der Waals surface area contributed by atoms with Gasteiger partial charge in [0, 0.05) is 37.1 Å². The van der Waals surface area contributed by atoms with E-state index in [1.807, 2.05) is 37.8 Å². The van der Waals surface area contributed by atoms with Crippen LogP contribution in [-0.4, -0.2) is 52.3 Å². The van der Waals surface area contributed by atoms with Crippen LogP contribution in [0.1, 0.15) is 45.9 Å². The van der Waals surface area contributed by atoms with Gasteiger partial charge in [0.25, 0.3) is 0 Å². The number of anilines is 1. The standard InChI is InChI=1S/C19H26F3N5O/c1-17(2,3)16-24-23-14-4-5-15(25-27(14)16)26-9-6-13(19(20,21)22)18(12-26)7-10-28-11-8-18/h4-5,13H,6-12H2,1-3H3/t13-/m0/s1. The first-order chi connectivity index (χ1) is 13.1. The number of fused-ring (bicyclic) bond motifs is 1. The molecule has 154 valence electrons. The summed E-state index contributed by atoms with van der Waals surface area (Å²) in [5, 5.41) is 13.1. The number of ether oxygens (including phenoxy) is 1. The van der Waals surface area contributed by atoms with Crippen LogP contribution in [0.15, 0.2) is 12.1 Å². The lowest BCUT2D eigenvalue weighted by Gasteiger charge is -2.50. The molecule has 9 heteroatoms. The predicted octanol–water partition coefficient (Wildman–Crippen LogP) is 3.61. The number of alkyl halides is 3. The summed E-state index contributed by atoms with van der Waals surface area (Å²) in [6.07, 6.45) is -3.25. The summed E-state index contributed by atoms with van der Waals surface area (Å²) in [5.41, 5.74) is -0.415. The van der Waals surface area contributed by atoms with E-state index in [9.17, 15) is 13.2 Å². The van der Waals surface area contributed by atoms with Crippen molar-refractivity contribution in [3.8, 4) is 0 Å². The van der Waals surface area contributed by atoms with Gasteiger partial charge < -0.3 is 9.64 Å². The van der Waals surface area contributed by atoms with Crippen molar-refractivity contribution in [3.05, 3.63) is 18.0 Å². The Morgan fingerprint density at radius 1 is 1.11 bits per heavy atom. The number of halogens is 3. The van der Waals surface area contributed by atoms with Crippen LogP contribution in [0.3, 0.4) is 0 Å². The molecule has 4 rings (SSSR count). The van der Waals surface area contributed by atoms with Crippen molar-refractivity contribution in [2.75, 3.05) is 31.2 Å².